The summed E-state index contributed by atoms with van der Waals surface area (Å²) in [5.41, 5.74) is 0.246. The summed E-state index contributed by atoms with van der Waals surface area (Å²) in [6.45, 7) is 5.26. The minimum Gasteiger partial charge on any atom is -0.337 e. The van der Waals surface area contributed by atoms with Crippen LogP contribution in [0.4, 0.5) is 6.01 Å². The molecule has 0 aliphatic heterocycles. The van der Waals surface area contributed by atoms with Crippen molar-refractivity contribution in [3.05, 3.63) is 5.82 Å². The van der Waals surface area contributed by atoms with E-state index in [1.807, 2.05) is 0 Å². The molecule has 4 fully saturated rings. The van der Waals surface area contributed by atoms with E-state index in [0.29, 0.717) is 11.9 Å². The molecule has 4 saturated carbocycles. The summed E-state index contributed by atoms with van der Waals surface area (Å²) >= 11 is 0. The first-order valence-corrected chi connectivity index (χ1v) is 8.21. The van der Waals surface area contributed by atoms with Crippen molar-refractivity contribution in [2.75, 3.05) is 11.9 Å². The van der Waals surface area contributed by atoms with Crippen molar-refractivity contribution in [2.24, 2.45) is 23.7 Å². The highest BCUT2D eigenvalue weighted by atomic mass is 16.5. The molecule has 1 aromatic rings. The van der Waals surface area contributed by atoms with Crippen LogP contribution in [0.1, 0.15) is 58.2 Å². The normalized spacial score (nSPS) is 38.6. The molecule has 0 atom stereocenters. The standard InChI is InChI=1S/C16H25N3O/c1-10(2)9-17-15-18-14(19-20-15)16-6-11-3-12(7-16)5-13(4-11)8-16/h10-13H,3-9H2,1-2H3,(H,17,18,19). The Morgan fingerprint density at radius 2 is 1.75 bits per heavy atom. The second-order valence-corrected chi connectivity index (χ2v) is 7.90. The van der Waals surface area contributed by atoms with Gasteiger partial charge >= 0.3 is 6.01 Å². The van der Waals surface area contributed by atoms with Crippen LogP contribution >= 0.6 is 0 Å². The third-order valence-electron chi connectivity index (χ3n) is 5.60. The quantitative estimate of drug-likeness (QED) is 0.912. The Bertz CT molecular complexity index is 458. The maximum Gasteiger partial charge on any atom is 0.321 e. The Kier molecular flexibility index (Phi) is 2.83. The van der Waals surface area contributed by atoms with Crippen molar-refractivity contribution in [1.82, 2.24) is 10.1 Å². The second kappa shape index (κ2) is 4.47. The van der Waals surface area contributed by atoms with Crippen molar-refractivity contribution in [1.29, 1.82) is 0 Å². The number of hydrogen-bond acceptors (Lipinski definition) is 4. The van der Waals surface area contributed by atoms with Gasteiger partial charge in [0.1, 0.15) is 0 Å². The minimum atomic E-state index is 0.246. The smallest absolute Gasteiger partial charge is 0.321 e. The molecule has 4 bridgehead atoms. The maximum absolute atomic E-state index is 5.43. The topological polar surface area (TPSA) is 51.0 Å². The fourth-order valence-corrected chi connectivity index (χ4v) is 5.19. The number of hydrogen-bond donors (Lipinski definition) is 1. The van der Waals surface area contributed by atoms with Crippen LogP contribution in [0.2, 0.25) is 0 Å². The molecule has 0 amide bonds. The van der Waals surface area contributed by atoms with Gasteiger partial charge in [-0.3, -0.25) is 0 Å². The Hall–Kier alpha value is -1.06. The lowest BCUT2D eigenvalue weighted by Gasteiger charge is -2.55. The Labute approximate surface area is 120 Å². The Morgan fingerprint density at radius 1 is 1.15 bits per heavy atom. The van der Waals surface area contributed by atoms with E-state index in [1.165, 1.54) is 38.5 Å². The highest BCUT2D eigenvalue weighted by molar-refractivity contribution is 5.24. The predicted molar refractivity (Wildman–Crippen MR) is 77.5 cm³/mol. The van der Waals surface area contributed by atoms with Crippen LogP contribution < -0.4 is 5.32 Å². The van der Waals surface area contributed by atoms with E-state index in [-0.39, 0.29) is 5.41 Å². The zero-order chi connectivity index (χ0) is 13.7. The van der Waals surface area contributed by atoms with Gasteiger partial charge in [-0.25, -0.2) is 0 Å². The van der Waals surface area contributed by atoms with Crippen molar-refractivity contribution in [2.45, 2.75) is 57.8 Å². The first-order chi connectivity index (χ1) is 9.63. The molecule has 4 aliphatic rings. The molecule has 0 spiro atoms. The maximum atomic E-state index is 5.43. The zero-order valence-corrected chi connectivity index (χ0v) is 12.6. The van der Waals surface area contributed by atoms with Crippen LogP contribution in [0, 0.1) is 23.7 Å². The molecule has 0 aromatic carbocycles. The summed E-state index contributed by atoms with van der Waals surface area (Å²) in [6, 6.07) is 0.615. The molecule has 0 radical (unpaired) electrons. The summed E-state index contributed by atoms with van der Waals surface area (Å²) in [5, 5.41) is 7.59. The van der Waals surface area contributed by atoms with Crippen LogP contribution in [-0.4, -0.2) is 16.7 Å². The van der Waals surface area contributed by atoms with E-state index in [2.05, 4.69) is 29.3 Å². The van der Waals surface area contributed by atoms with Gasteiger partial charge in [-0.2, -0.15) is 4.98 Å². The summed E-state index contributed by atoms with van der Waals surface area (Å²) in [4.78, 5) is 4.68. The van der Waals surface area contributed by atoms with Crippen molar-refractivity contribution in [3.8, 4) is 0 Å². The van der Waals surface area contributed by atoms with Crippen LogP contribution in [0.5, 0.6) is 0 Å². The molecule has 20 heavy (non-hydrogen) atoms. The number of nitrogens with one attached hydrogen (secondary N) is 1. The summed E-state index contributed by atoms with van der Waals surface area (Å²) in [6.07, 6.45) is 8.24. The van der Waals surface area contributed by atoms with Gasteiger partial charge in [0.15, 0.2) is 5.82 Å². The summed E-state index contributed by atoms with van der Waals surface area (Å²) in [5.74, 6) is 4.35. The third kappa shape index (κ3) is 2.04. The van der Waals surface area contributed by atoms with Gasteiger partial charge in [0, 0.05) is 12.0 Å². The number of nitrogens with zero attached hydrogens (tertiary/aromatic N) is 2. The fourth-order valence-electron chi connectivity index (χ4n) is 5.19. The van der Waals surface area contributed by atoms with Crippen molar-refractivity contribution in [3.63, 3.8) is 0 Å². The molecule has 1 aromatic heterocycles. The molecular weight excluding hydrogens is 250 g/mol. The second-order valence-electron chi connectivity index (χ2n) is 7.90. The molecular formula is C16H25N3O. The Balaban J connectivity index is 1.55. The van der Waals surface area contributed by atoms with Gasteiger partial charge in [-0.15, -0.1) is 0 Å². The minimum absolute atomic E-state index is 0.246. The molecule has 4 nitrogen and oxygen atoms in total. The lowest BCUT2D eigenvalue weighted by molar-refractivity contribution is -0.0103. The largest absolute Gasteiger partial charge is 0.337 e. The molecule has 110 valence electrons. The van der Waals surface area contributed by atoms with Gasteiger partial charge in [0.25, 0.3) is 0 Å². The molecule has 0 saturated heterocycles. The molecule has 4 aliphatic carbocycles. The zero-order valence-electron chi connectivity index (χ0n) is 12.6. The van der Waals surface area contributed by atoms with Crippen molar-refractivity contribution >= 4 is 6.01 Å². The van der Waals surface area contributed by atoms with E-state index < -0.39 is 0 Å². The lowest BCUT2D eigenvalue weighted by atomic mass is 9.49. The molecule has 1 heterocycles. The number of aromatic nitrogens is 2. The van der Waals surface area contributed by atoms with Crippen LogP contribution in [-0.2, 0) is 5.41 Å². The average molecular weight is 275 g/mol. The van der Waals surface area contributed by atoms with E-state index in [9.17, 15) is 0 Å². The third-order valence-corrected chi connectivity index (χ3v) is 5.60. The summed E-state index contributed by atoms with van der Waals surface area (Å²) < 4.78 is 5.43. The summed E-state index contributed by atoms with van der Waals surface area (Å²) in [7, 11) is 0. The van der Waals surface area contributed by atoms with Gasteiger partial charge in [-0.1, -0.05) is 19.0 Å². The van der Waals surface area contributed by atoms with E-state index in [0.717, 1.165) is 30.1 Å². The highest BCUT2D eigenvalue weighted by Gasteiger charge is 2.53. The first-order valence-electron chi connectivity index (χ1n) is 8.21. The Morgan fingerprint density at radius 3 is 2.30 bits per heavy atom. The molecule has 5 rings (SSSR count). The fraction of sp³-hybridized carbons (Fsp3) is 0.875. The monoisotopic (exact) mass is 275 g/mol. The number of rotatable bonds is 4. The van der Waals surface area contributed by atoms with Gasteiger partial charge in [0.05, 0.1) is 0 Å². The van der Waals surface area contributed by atoms with Crippen molar-refractivity contribution < 1.29 is 4.52 Å². The molecule has 0 unspecified atom stereocenters. The SMILES string of the molecule is CC(C)CNc1nc(C23CC4CC(CC(C4)C2)C3)no1. The van der Waals surface area contributed by atoms with E-state index in [1.54, 1.807) is 0 Å². The molecule has 1 N–H and O–H groups in total. The van der Waals surface area contributed by atoms with Gasteiger partial charge in [0.2, 0.25) is 0 Å². The van der Waals surface area contributed by atoms with Crippen LogP contribution in [0.3, 0.4) is 0 Å². The van der Waals surface area contributed by atoms with Crippen LogP contribution in [0.15, 0.2) is 4.52 Å². The highest BCUT2D eigenvalue weighted by Crippen LogP contribution is 2.60. The average Bonchev–Trinajstić information content (AvgIpc) is 2.84. The van der Waals surface area contributed by atoms with Crippen LogP contribution in [0.25, 0.3) is 0 Å². The van der Waals surface area contributed by atoms with Gasteiger partial charge < -0.3 is 9.84 Å². The lowest BCUT2D eigenvalue weighted by Crippen LogP contribution is -2.49. The molecule has 4 heteroatoms. The predicted octanol–water partition coefficient (Wildman–Crippen LogP) is 3.61. The first kappa shape index (κ1) is 12.7. The number of anilines is 1. The van der Waals surface area contributed by atoms with Gasteiger partial charge in [-0.05, 0) is 62.2 Å². The van der Waals surface area contributed by atoms with E-state index >= 15 is 0 Å². The van der Waals surface area contributed by atoms with E-state index in [4.69, 9.17) is 4.52 Å².